The lowest BCUT2D eigenvalue weighted by Gasteiger charge is -2.28. The zero-order valence-electron chi connectivity index (χ0n) is 19.8. The highest BCUT2D eigenvalue weighted by molar-refractivity contribution is 6.23. The summed E-state index contributed by atoms with van der Waals surface area (Å²) >= 11 is 0. The Morgan fingerprint density at radius 2 is 1.54 bits per heavy atom. The van der Waals surface area contributed by atoms with E-state index in [1.54, 1.807) is 42.5 Å². The van der Waals surface area contributed by atoms with Crippen LogP contribution in [0.25, 0.3) is 0 Å². The second-order valence-corrected chi connectivity index (χ2v) is 9.30. The molecule has 1 aliphatic rings. The normalized spacial score (nSPS) is 15.7. The summed E-state index contributed by atoms with van der Waals surface area (Å²) in [6.07, 6.45) is 2.63. The predicted molar refractivity (Wildman–Crippen MR) is 130 cm³/mol. The number of imide groups is 1. The Morgan fingerprint density at radius 1 is 0.914 bits per heavy atom. The average Bonchev–Trinajstić information content (AvgIpc) is 3.16. The number of carbonyl (C=O) groups excluding carboxylic acids is 4. The lowest BCUT2D eigenvalue weighted by atomic mass is 9.87. The summed E-state index contributed by atoms with van der Waals surface area (Å²) in [6, 6.07) is 17.3. The van der Waals surface area contributed by atoms with Crippen LogP contribution in [0.2, 0.25) is 0 Å². The zero-order valence-corrected chi connectivity index (χ0v) is 19.8. The van der Waals surface area contributed by atoms with Gasteiger partial charge < -0.3 is 0 Å². The molecule has 4 amide bonds. The van der Waals surface area contributed by atoms with E-state index in [-0.39, 0.29) is 17.4 Å². The maximum Gasteiger partial charge on any atom is 0.273 e. The van der Waals surface area contributed by atoms with Crippen LogP contribution in [-0.4, -0.2) is 39.7 Å². The van der Waals surface area contributed by atoms with Gasteiger partial charge in [0.05, 0.1) is 12.1 Å². The molecule has 0 bridgehead atoms. The number of carbonyl (C=O) groups is 4. The molecule has 4 rings (SSSR count). The van der Waals surface area contributed by atoms with Gasteiger partial charge in [-0.25, -0.2) is 9.91 Å². The molecule has 8 heteroatoms. The standard InChI is InChI=1S/C27H26N4O4/c1-27(2,3)20-11-9-18(10-12-20)24(33)29-31(25(34)19-13-15-28-16-14-19)22-17-23(32)30(26(22)35)21-7-5-4-6-8-21/h4-16,22H,17H2,1-3H3,(H,29,33). The Morgan fingerprint density at radius 3 is 2.14 bits per heavy atom. The molecule has 0 aliphatic carbocycles. The molecular formula is C27H26N4O4. The van der Waals surface area contributed by atoms with Gasteiger partial charge in [-0.1, -0.05) is 51.1 Å². The summed E-state index contributed by atoms with van der Waals surface area (Å²) in [5, 5.41) is 0.957. The van der Waals surface area contributed by atoms with Gasteiger partial charge in [0.25, 0.3) is 17.7 Å². The van der Waals surface area contributed by atoms with Crippen molar-refractivity contribution in [2.24, 2.45) is 0 Å². The van der Waals surface area contributed by atoms with E-state index >= 15 is 0 Å². The maximum absolute atomic E-state index is 13.4. The number of para-hydroxylation sites is 1. The SMILES string of the molecule is CC(C)(C)c1ccc(C(=O)NN(C(=O)c2ccncc2)C2CC(=O)N(c3ccccc3)C2=O)cc1. The molecule has 1 saturated heterocycles. The van der Waals surface area contributed by atoms with Gasteiger partial charge in [-0.15, -0.1) is 0 Å². The molecule has 3 aromatic rings. The Kier molecular flexibility index (Phi) is 6.46. The Hall–Kier alpha value is -4.33. The molecule has 1 aromatic heterocycles. The summed E-state index contributed by atoms with van der Waals surface area (Å²) in [7, 11) is 0. The molecule has 2 heterocycles. The van der Waals surface area contributed by atoms with E-state index in [1.807, 2.05) is 12.1 Å². The first-order valence-corrected chi connectivity index (χ1v) is 11.2. The van der Waals surface area contributed by atoms with E-state index in [4.69, 9.17) is 0 Å². The van der Waals surface area contributed by atoms with Crippen molar-refractivity contribution in [3.8, 4) is 0 Å². The van der Waals surface area contributed by atoms with Gasteiger partial charge in [-0.05, 0) is 47.4 Å². The molecule has 1 fully saturated rings. The number of amides is 4. The fourth-order valence-electron chi connectivity index (χ4n) is 3.87. The van der Waals surface area contributed by atoms with Crippen molar-refractivity contribution in [3.63, 3.8) is 0 Å². The van der Waals surface area contributed by atoms with Crippen LogP contribution in [-0.2, 0) is 15.0 Å². The molecule has 0 radical (unpaired) electrons. The van der Waals surface area contributed by atoms with Crippen molar-refractivity contribution in [2.75, 3.05) is 4.90 Å². The van der Waals surface area contributed by atoms with Gasteiger partial charge in [0.1, 0.15) is 6.04 Å². The molecular weight excluding hydrogens is 444 g/mol. The Balaban J connectivity index is 1.64. The van der Waals surface area contributed by atoms with Gasteiger partial charge in [0.15, 0.2) is 0 Å². The lowest BCUT2D eigenvalue weighted by Crippen LogP contribution is -2.54. The minimum Gasteiger partial charge on any atom is -0.274 e. The topological polar surface area (TPSA) is 99.7 Å². The monoisotopic (exact) mass is 470 g/mol. The van der Waals surface area contributed by atoms with E-state index in [0.717, 1.165) is 15.5 Å². The molecule has 35 heavy (non-hydrogen) atoms. The third kappa shape index (κ3) is 4.96. The van der Waals surface area contributed by atoms with Gasteiger partial charge in [0, 0.05) is 23.5 Å². The Labute approximate surface area is 203 Å². The lowest BCUT2D eigenvalue weighted by molar-refractivity contribution is -0.122. The molecule has 0 saturated carbocycles. The van der Waals surface area contributed by atoms with Crippen LogP contribution >= 0.6 is 0 Å². The minimum absolute atomic E-state index is 0.0874. The molecule has 1 N–H and O–H groups in total. The van der Waals surface area contributed by atoms with Crippen molar-refractivity contribution in [3.05, 3.63) is 95.8 Å². The predicted octanol–water partition coefficient (Wildman–Crippen LogP) is 3.50. The number of pyridine rings is 1. The number of nitrogens with one attached hydrogen (secondary N) is 1. The molecule has 2 aromatic carbocycles. The molecule has 1 unspecified atom stereocenters. The van der Waals surface area contributed by atoms with E-state index < -0.39 is 29.7 Å². The highest BCUT2D eigenvalue weighted by atomic mass is 16.2. The summed E-state index contributed by atoms with van der Waals surface area (Å²) < 4.78 is 0. The van der Waals surface area contributed by atoms with Crippen molar-refractivity contribution < 1.29 is 19.2 Å². The van der Waals surface area contributed by atoms with Crippen LogP contribution in [0, 0.1) is 0 Å². The van der Waals surface area contributed by atoms with E-state index in [2.05, 4.69) is 31.2 Å². The van der Waals surface area contributed by atoms with Crippen molar-refractivity contribution in [2.45, 2.75) is 38.6 Å². The third-order valence-corrected chi connectivity index (χ3v) is 5.83. The number of hydrogen-bond acceptors (Lipinski definition) is 5. The summed E-state index contributed by atoms with van der Waals surface area (Å²) in [5.41, 5.74) is 4.50. The number of aromatic nitrogens is 1. The van der Waals surface area contributed by atoms with E-state index in [1.165, 1.54) is 24.5 Å². The van der Waals surface area contributed by atoms with Gasteiger partial charge in [-0.3, -0.25) is 29.6 Å². The molecule has 1 aliphatic heterocycles. The van der Waals surface area contributed by atoms with Crippen molar-refractivity contribution in [1.29, 1.82) is 0 Å². The molecule has 0 spiro atoms. The van der Waals surface area contributed by atoms with Gasteiger partial charge in [-0.2, -0.15) is 0 Å². The second kappa shape index (κ2) is 9.50. The molecule has 8 nitrogen and oxygen atoms in total. The van der Waals surface area contributed by atoms with Gasteiger partial charge >= 0.3 is 0 Å². The van der Waals surface area contributed by atoms with Crippen LogP contribution in [0.1, 0.15) is 53.5 Å². The van der Waals surface area contributed by atoms with Crippen LogP contribution in [0.5, 0.6) is 0 Å². The zero-order chi connectivity index (χ0) is 25.2. The van der Waals surface area contributed by atoms with Crippen LogP contribution in [0.3, 0.4) is 0 Å². The van der Waals surface area contributed by atoms with Crippen molar-refractivity contribution >= 4 is 29.3 Å². The number of rotatable bonds is 4. The van der Waals surface area contributed by atoms with Crippen LogP contribution < -0.4 is 10.3 Å². The van der Waals surface area contributed by atoms with Crippen molar-refractivity contribution in [1.82, 2.24) is 15.4 Å². The summed E-state index contributed by atoms with van der Waals surface area (Å²) in [4.78, 5) is 57.6. The number of benzene rings is 2. The fraction of sp³-hybridized carbons (Fsp3) is 0.222. The molecule has 178 valence electrons. The van der Waals surface area contributed by atoms with Crippen LogP contribution in [0.15, 0.2) is 79.1 Å². The first-order valence-electron chi connectivity index (χ1n) is 11.2. The smallest absolute Gasteiger partial charge is 0.273 e. The highest BCUT2D eigenvalue weighted by Crippen LogP contribution is 2.26. The van der Waals surface area contributed by atoms with E-state index in [9.17, 15) is 19.2 Å². The highest BCUT2D eigenvalue weighted by Gasteiger charge is 2.45. The number of hydrazine groups is 1. The number of hydrogen-bond donors (Lipinski definition) is 1. The quantitative estimate of drug-likeness (QED) is 0.465. The van der Waals surface area contributed by atoms with E-state index in [0.29, 0.717) is 11.3 Å². The number of anilines is 1. The largest absolute Gasteiger partial charge is 0.274 e. The Bertz CT molecular complexity index is 1250. The van der Waals surface area contributed by atoms with Gasteiger partial charge in [0.2, 0.25) is 5.91 Å². The second-order valence-electron chi connectivity index (χ2n) is 9.30. The summed E-state index contributed by atoms with van der Waals surface area (Å²) in [5.74, 6) is -2.23. The fourth-order valence-corrected chi connectivity index (χ4v) is 3.87. The first-order chi connectivity index (χ1) is 16.7. The maximum atomic E-state index is 13.4. The first kappa shape index (κ1) is 23.8. The summed E-state index contributed by atoms with van der Waals surface area (Å²) in [6.45, 7) is 6.20. The van der Waals surface area contributed by atoms with Crippen LogP contribution in [0.4, 0.5) is 5.69 Å². The number of nitrogens with zero attached hydrogens (tertiary/aromatic N) is 3. The molecule has 1 atom stereocenters. The third-order valence-electron chi connectivity index (χ3n) is 5.83. The minimum atomic E-state index is -1.19. The average molecular weight is 471 g/mol.